The number of alkyl halides is 3. The van der Waals surface area contributed by atoms with E-state index in [1.807, 2.05) is 0 Å². The van der Waals surface area contributed by atoms with Gasteiger partial charge in [0.05, 0.1) is 11.1 Å². The third-order valence-corrected chi connectivity index (χ3v) is 2.37. The molecule has 20 heavy (non-hydrogen) atoms. The van der Waals surface area contributed by atoms with Crippen LogP contribution in [0.25, 0.3) is 11.4 Å². The first-order valence-corrected chi connectivity index (χ1v) is 5.55. The van der Waals surface area contributed by atoms with Crippen molar-refractivity contribution in [2.45, 2.75) is 13.1 Å². The molecule has 1 aromatic heterocycles. The monoisotopic (exact) mass is 282 g/mol. The summed E-state index contributed by atoms with van der Waals surface area (Å²) in [6.07, 6.45) is -1.64. The van der Waals surface area contributed by atoms with E-state index in [4.69, 9.17) is 4.74 Å². The largest absolute Gasteiger partial charge is 0.426 e. The van der Waals surface area contributed by atoms with Crippen LogP contribution in [0.15, 0.2) is 36.7 Å². The summed E-state index contributed by atoms with van der Waals surface area (Å²) < 4.78 is 42.8. The predicted molar refractivity (Wildman–Crippen MR) is 63.8 cm³/mol. The molecule has 0 bridgehead atoms. The third kappa shape index (κ3) is 3.11. The molecule has 0 fully saturated rings. The summed E-state index contributed by atoms with van der Waals surface area (Å²) in [5, 5.41) is 0. The molecular weight excluding hydrogens is 273 g/mol. The Morgan fingerprint density at radius 1 is 1.20 bits per heavy atom. The molecule has 0 unspecified atom stereocenters. The fourth-order valence-electron chi connectivity index (χ4n) is 1.56. The van der Waals surface area contributed by atoms with E-state index in [9.17, 15) is 18.0 Å². The number of hydrogen-bond acceptors (Lipinski definition) is 4. The van der Waals surface area contributed by atoms with Crippen molar-refractivity contribution in [3.8, 4) is 17.1 Å². The van der Waals surface area contributed by atoms with Crippen molar-refractivity contribution < 1.29 is 22.7 Å². The molecule has 0 aliphatic rings. The van der Waals surface area contributed by atoms with Gasteiger partial charge < -0.3 is 4.74 Å². The zero-order chi connectivity index (χ0) is 14.8. The molecular formula is C13H9F3N2O2. The summed E-state index contributed by atoms with van der Waals surface area (Å²) in [4.78, 5) is 18.9. The van der Waals surface area contributed by atoms with Crippen LogP contribution in [0.4, 0.5) is 13.2 Å². The summed E-state index contributed by atoms with van der Waals surface area (Å²) in [5.41, 5.74) is -0.692. The maximum absolute atomic E-state index is 12.7. The van der Waals surface area contributed by atoms with Crippen LogP contribution in [0.2, 0.25) is 0 Å². The van der Waals surface area contributed by atoms with Crippen LogP contribution in [0, 0.1) is 0 Å². The SMILES string of the molecule is CC(=O)Oc1cc(C(F)(F)F)ccc1-c1ncccn1. The molecule has 1 aromatic carbocycles. The molecule has 0 atom stereocenters. The van der Waals surface area contributed by atoms with Gasteiger partial charge in [-0.25, -0.2) is 9.97 Å². The second kappa shape index (κ2) is 5.28. The van der Waals surface area contributed by atoms with Crippen LogP contribution in [-0.4, -0.2) is 15.9 Å². The number of nitrogens with zero attached hydrogens (tertiary/aromatic N) is 2. The fraction of sp³-hybridized carbons (Fsp3) is 0.154. The van der Waals surface area contributed by atoms with Crippen molar-refractivity contribution in [1.29, 1.82) is 0 Å². The quantitative estimate of drug-likeness (QED) is 0.627. The maximum atomic E-state index is 12.7. The summed E-state index contributed by atoms with van der Waals surface area (Å²) in [6.45, 7) is 1.11. The minimum Gasteiger partial charge on any atom is -0.426 e. The van der Waals surface area contributed by atoms with E-state index < -0.39 is 17.7 Å². The standard InChI is InChI=1S/C13H9F3N2O2/c1-8(19)20-11-7-9(13(14,15)16)3-4-10(11)12-17-5-2-6-18-12/h2-7H,1H3. The van der Waals surface area contributed by atoms with Gasteiger partial charge in [-0.3, -0.25) is 4.79 Å². The number of carbonyl (C=O) groups excluding carboxylic acids is 1. The normalized spacial score (nSPS) is 11.2. The number of hydrogen-bond donors (Lipinski definition) is 0. The number of halogens is 3. The van der Waals surface area contributed by atoms with Gasteiger partial charge in [0, 0.05) is 19.3 Å². The molecule has 0 radical (unpaired) electrons. The molecule has 2 aromatic rings. The van der Waals surface area contributed by atoms with Crippen LogP contribution in [-0.2, 0) is 11.0 Å². The fourth-order valence-corrected chi connectivity index (χ4v) is 1.56. The van der Waals surface area contributed by atoms with Gasteiger partial charge in [0.1, 0.15) is 5.75 Å². The van der Waals surface area contributed by atoms with Crippen LogP contribution >= 0.6 is 0 Å². The summed E-state index contributed by atoms with van der Waals surface area (Å²) in [5.74, 6) is -0.766. The first-order valence-electron chi connectivity index (χ1n) is 5.55. The topological polar surface area (TPSA) is 52.1 Å². The number of aromatic nitrogens is 2. The third-order valence-electron chi connectivity index (χ3n) is 2.37. The van der Waals surface area contributed by atoms with E-state index in [-0.39, 0.29) is 17.1 Å². The highest BCUT2D eigenvalue weighted by molar-refractivity contribution is 5.74. The van der Waals surface area contributed by atoms with Crippen molar-refractivity contribution in [1.82, 2.24) is 9.97 Å². The Morgan fingerprint density at radius 2 is 1.85 bits per heavy atom. The molecule has 104 valence electrons. The number of benzene rings is 1. The number of ether oxygens (including phenoxy) is 1. The van der Waals surface area contributed by atoms with Crippen LogP contribution in [0.3, 0.4) is 0 Å². The van der Waals surface area contributed by atoms with E-state index in [1.165, 1.54) is 18.5 Å². The van der Waals surface area contributed by atoms with E-state index in [0.29, 0.717) is 0 Å². The van der Waals surface area contributed by atoms with E-state index in [0.717, 1.165) is 19.1 Å². The molecule has 0 saturated carbocycles. The first-order chi connectivity index (χ1) is 9.38. The van der Waals surface area contributed by atoms with E-state index in [1.54, 1.807) is 6.07 Å². The van der Waals surface area contributed by atoms with Gasteiger partial charge >= 0.3 is 12.1 Å². The number of carbonyl (C=O) groups is 1. The molecule has 0 saturated heterocycles. The van der Waals surface area contributed by atoms with Crippen molar-refractivity contribution >= 4 is 5.97 Å². The average molecular weight is 282 g/mol. The van der Waals surface area contributed by atoms with Gasteiger partial charge in [-0.05, 0) is 24.3 Å². The summed E-state index contributed by atoms with van der Waals surface area (Å²) in [7, 11) is 0. The van der Waals surface area contributed by atoms with E-state index in [2.05, 4.69) is 9.97 Å². The van der Waals surface area contributed by atoms with Crippen LogP contribution < -0.4 is 4.74 Å². The smallest absolute Gasteiger partial charge is 0.416 e. The predicted octanol–water partition coefficient (Wildman–Crippen LogP) is 3.09. The number of esters is 1. The molecule has 2 rings (SSSR count). The van der Waals surface area contributed by atoms with Crippen molar-refractivity contribution in [3.05, 3.63) is 42.2 Å². The van der Waals surface area contributed by atoms with Gasteiger partial charge in [-0.2, -0.15) is 13.2 Å². The molecule has 1 heterocycles. The van der Waals surface area contributed by atoms with Gasteiger partial charge in [0.25, 0.3) is 0 Å². The Kier molecular flexibility index (Phi) is 3.69. The maximum Gasteiger partial charge on any atom is 0.416 e. The molecule has 0 N–H and O–H groups in total. The molecule has 4 nitrogen and oxygen atoms in total. The van der Waals surface area contributed by atoms with Crippen molar-refractivity contribution in [2.24, 2.45) is 0 Å². The molecule has 0 aliphatic carbocycles. The summed E-state index contributed by atoms with van der Waals surface area (Å²) in [6, 6.07) is 4.39. The second-order valence-electron chi connectivity index (χ2n) is 3.87. The van der Waals surface area contributed by atoms with Crippen molar-refractivity contribution in [2.75, 3.05) is 0 Å². The highest BCUT2D eigenvalue weighted by atomic mass is 19.4. The Labute approximate surface area is 112 Å². The Morgan fingerprint density at radius 3 is 2.40 bits per heavy atom. The minimum absolute atomic E-state index is 0.178. The number of rotatable bonds is 2. The molecule has 0 amide bonds. The van der Waals surface area contributed by atoms with Crippen LogP contribution in [0.5, 0.6) is 5.75 Å². The molecule has 0 aliphatic heterocycles. The molecule has 0 spiro atoms. The summed E-state index contributed by atoms with van der Waals surface area (Å²) >= 11 is 0. The minimum atomic E-state index is -4.52. The zero-order valence-corrected chi connectivity index (χ0v) is 10.3. The lowest BCUT2D eigenvalue weighted by atomic mass is 10.1. The average Bonchev–Trinajstić information content (AvgIpc) is 2.38. The van der Waals surface area contributed by atoms with Gasteiger partial charge in [-0.15, -0.1) is 0 Å². The van der Waals surface area contributed by atoms with Crippen molar-refractivity contribution in [3.63, 3.8) is 0 Å². The molecule has 7 heteroatoms. The zero-order valence-electron chi connectivity index (χ0n) is 10.3. The van der Waals surface area contributed by atoms with Crippen LogP contribution in [0.1, 0.15) is 12.5 Å². The highest BCUT2D eigenvalue weighted by Crippen LogP contribution is 2.36. The second-order valence-corrected chi connectivity index (χ2v) is 3.87. The van der Waals surface area contributed by atoms with Gasteiger partial charge in [0.15, 0.2) is 5.82 Å². The van der Waals surface area contributed by atoms with Gasteiger partial charge in [-0.1, -0.05) is 0 Å². The Hall–Kier alpha value is -2.44. The Bertz CT molecular complexity index is 627. The first kappa shape index (κ1) is 14.0. The lowest BCUT2D eigenvalue weighted by Crippen LogP contribution is -2.08. The lowest BCUT2D eigenvalue weighted by molar-refractivity contribution is -0.138. The highest BCUT2D eigenvalue weighted by Gasteiger charge is 2.31. The lowest BCUT2D eigenvalue weighted by Gasteiger charge is -2.12. The Balaban J connectivity index is 2.54. The van der Waals surface area contributed by atoms with Gasteiger partial charge in [0.2, 0.25) is 0 Å². The van der Waals surface area contributed by atoms with E-state index >= 15 is 0 Å².